The highest BCUT2D eigenvalue weighted by atomic mass is 32.2. The van der Waals surface area contributed by atoms with Crippen LogP contribution in [0.5, 0.6) is 0 Å². The van der Waals surface area contributed by atoms with Gasteiger partial charge in [-0.15, -0.1) is 0 Å². The van der Waals surface area contributed by atoms with Crippen LogP contribution in [0.1, 0.15) is 0 Å². The highest BCUT2D eigenvalue weighted by Gasteiger charge is 2.08. The van der Waals surface area contributed by atoms with E-state index in [4.69, 9.17) is 5.73 Å². The Morgan fingerprint density at radius 1 is 1.18 bits per heavy atom. The van der Waals surface area contributed by atoms with E-state index in [-0.39, 0.29) is 0 Å². The van der Waals surface area contributed by atoms with Gasteiger partial charge in [-0.1, -0.05) is 30.0 Å². The quantitative estimate of drug-likeness (QED) is 0.766. The Morgan fingerprint density at radius 2 is 2.06 bits per heavy atom. The molecule has 0 spiro atoms. The average molecular weight is 259 g/mol. The van der Waals surface area contributed by atoms with E-state index in [9.17, 15) is 0 Å². The van der Waals surface area contributed by atoms with Gasteiger partial charge in [-0.05, 0) is 23.7 Å². The first-order valence-electron chi connectivity index (χ1n) is 5.06. The molecule has 0 aliphatic heterocycles. The van der Waals surface area contributed by atoms with Gasteiger partial charge in [0, 0.05) is 16.5 Å². The maximum Gasteiger partial charge on any atom is 0.0933 e. The molecule has 0 saturated carbocycles. The molecule has 0 aliphatic rings. The van der Waals surface area contributed by atoms with Crippen LogP contribution in [0.15, 0.2) is 51.8 Å². The van der Waals surface area contributed by atoms with Gasteiger partial charge in [-0.25, -0.2) is 0 Å². The molecule has 0 bridgehead atoms. The monoisotopic (exact) mass is 259 g/mol. The predicted octanol–water partition coefficient (Wildman–Crippen LogP) is 3.42. The number of aromatic nitrogens is 2. The van der Waals surface area contributed by atoms with Crippen molar-refractivity contribution in [1.29, 1.82) is 0 Å². The predicted molar refractivity (Wildman–Crippen MR) is 72.4 cm³/mol. The van der Waals surface area contributed by atoms with Crippen molar-refractivity contribution < 1.29 is 0 Å². The van der Waals surface area contributed by atoms with Crippen LogP contribution in [-0.4, -0.2) is 9.36 Å². The zero-order valence-corrected chi connectivity index (χ0v) is 10.5. The maximum atomic E-state index is 5.88. The Balaban J connectivity index is 2.03. The summed E-state index contributed by atoms with van der Waals surface area (Å²) < 4.78 is 5.57. The molecule has 2 aromatic heterocycles. The lowest BCUT2D eigenvalue weighted by atomic mass is 10.3. The molecule has 0 atom stereocenters. The number of nitrogens with zero attached hydrogens (tertiary/aromatic N) is 2. The van der Waals surface area contributed by atoms with Crippen LogP contribution in [0.25, 0.3) is 10.9 Å². The lowest BCUT2D eigenvalue weighted by Crippen LogP contribution is -1.88. The largest absolute Gasteiger partial charge is 0.397 e. The summed E-state index contributed by atoms with van der Waals surface area (Å²) in [5, 5.41) is 1.18. The van der Waals surface area contributed by atoms with E-state index in [2.05, 4.69) is 15.4 Å². The number of benzene rings is 1. The summed E-state index contributed by atoms with van der Waals surface area (Å²) >= 11 is 3.14. The molecule has 2 heterocycles. The highest BCUT2D eigenvalue weighted by Crippen LogP contribution is 2.38. The maximum absolute atomic E-state index is 5.88. The molecule has 3 nitrogen and oxygen atoms in total. The molecule has 17 heavy (non-hydrogen) atoms. The second-order valence-corrected chi connectivity index (χ2v) is 5.59. The Labute approximate surface area is 107 Å². The minimum absolute atomic E-state index is 0.704. The first kappa shape index (κ1) is 10.6. The van der Waals surface area contributed by atoms with Crippen molar-refractivity contribution >= 4 is 39.9 Å². The number of rotatable bonds is 2. The molecular formula is C12H9N3S2. The summed E-state index contributed by atoms with van der Waals surface area (Å²) in [4.78, 5) is 5.01. The molecule has 0 saturated heterocycles. The topological polar surface area (TPSA) is 51.8 Å². The van der Waals surface area contributed by atoms with Crippen LogP contribution < -0.4 is 5.73 Å². The number of anilines is 1. The van der Waals surface area contributed by atoms with Crippen molar-refractivity contribution in [3.05, 3.63) is 42.7 Å². The van der Waals surface area contributed by atoms with Gasteiger partial charge < -0.3 is 5.73 Å². The number of pyridine rings is 1. The number of nitrogen functional groups attached to an aromatic ring is 1. The first-order chi connectivity index (χ1) is 8.34. The Hall–Kier alpha value is -1.59. The number of hydrogen-bond donors (Lipinski definition) is 1. The van der Waals surface area contributed by atoms with Crippen LogP contribution in [0.3, 0.4) is 0 Å². The van der Waals surface area contributed by atoms with Crippen molar-refractivity contribution in [3.63, 3.8) is 0 Å². The zero-order chi connectivity index (χ0) is 11.7. The molecule has 2 N–H and O–H groups in total. The molecule has 3 rings (SSSR count). The third-order valence-corrected chi connectivity index (χ3v) is 4.51. The summed E-state index contributed by atoms with van der Waals surface area (Å²) in [5.41, 5.74) is 7.62. The van der Waals surface area contributed by atoms with E-state index in [1.165, 1.54) is 21.1 Å². The number of nitrogens with two attached hydrogens (primary N) is 1. The van der Waals surface area contributed by atoms with Crippen LogP contribution in [0, 0.1) is 0 Å². The van der Waals surface area contributed by atoms with Gasteiger partial charge in [-0.3, -0.25) is 4.98 Å². The normalized spacial score (nSPS) is 10.8. The molecule has 5 heteroatoms. The number of fused-ring (bicyclic) bond motifs is 1. The molecule has 1 aromatic carbocycles. The lowest BCUT2D eigenvalue weighted by Gasteiger charge is -2.01. The first-order valence-corrected chi connectivity index (χ1v) is 6.65. The number of hydrogen-bond acceptors (Lipinski definition) is 5. The van der Waals surface area contributed by atoms with Crippen LogP contribution >= 0.6 is 23.3 Å². The van der Waals surface area contributed by atoms with E-state index < -0.39 is 0 Å². The standard InChI is InChI=1S/C12H9N3S2/c13-9-7-14-6-5-11(9)16-12-8-3-1-2-4-10(8)15-17-12/h1-7H,13H2. The minimum Gasteiger partial charge on any atom is -0.397 e. The third-order valence-electron chi connectivity index (χ3n) is 2.36. The van der Waals surface area contributed by atoms with Gasteiger partial charge in [0.2, 0.25) is 0 Å². The minimum atomic E-state index is 0.704. The molecule has 84 valence electrons. The Morgan fingerprint density at radius 3 is 2.94 bits per heavy atom. The van der Waals surface area contributed by atoms with E-state index in [0.717, 1.165) is 10.4 Å². The van der Waals surface area contributed by atoms with Gasteiger partial charge >= 0.3 is 0 Å². The molecular weight excluding hydrogens is 250 g/mol. The summed E-state index contributed by atoms with van der Waals surface area (Å²) in [6.07, 6.45) is 3.42. The molecule has 0 fully saturated rings. The highest BCUT2D eigenvalue weighted by molar-refractivity contribution is 8.01. The fourth-order valence-corrected chi connectivity index (χ4v) is 3.45. The van der Waals surface area contributed by atoms with Crippen molar-refractivity contribution in [1.82, 2.24) is 9.36 Å². The Bertz CT molecular complexity index is 663. The molecule has 0 amide bonds. The zero-order valence-electron chi connectivity index (χ0n) is 8.83. The second kappa shape index (κ2) is 4.35. The van der Waals surface area contributed by atoms with Gasteiger partial charge in [0.05, 0.1) is 21.6 Å². The molecule has 0 unspecified atom stereocenters. The van der Waals surface area contributed by atoms with Gasteiger partial charge in [0.1, 0.15) is 0 Å². The van der Waals surface area contributed by atoms with Gasteiger partial charge in [0.25, 0.3) is 0 Å². The molecule has 0 aliphatic carbocycles. The van der Waals surface area contributed by atoms with Crippen LogP contribution in [0.4, 0.5) is 5.69 Å². The van der Waals surface area contributed by atoms with Crippen LogP contribution in [-0.2, 0) is 0 Å². The van der Waals surface area contributed by atoms with E-state index in [1.807, 2.05) is 24.3 Å². The van der Waals surface area contributed by atoms with Gasteiger partial charge in [-0.2, -0.15) is 4.37 Å². The van der Waals surface area contributed by atoms with Crippen molar-refractivity contribution in [2.45, 2.75) is 9.10 Å². The van der Waals surface area contributed by atoms with E-state index >= 15 is 0 Å². The molecule has 3 aromatic rings. The van der Waals surface area contributed by atoms with Crippen molar-refractivity contribution in [3.8, 4) is 0 Å². The second-order valence-electron chi connectivity index (χ2n) is 3.50. The SMILES string of the molecule is Nc1cnccc1Sc1snc2ccccc12. The fraction of sp³-hybridized carbons (Fsp3) is 0. The Kier molecular flexibility index (Phi) is 2.70. The smallest absolute Gasteiger partial charge is 0.0933 e. The van der Waals surface area contributed by atoms with Gasteiger partial charge in [0.15, 0.2) is 0 Å². The summed E-state index contributed by atoms with van der Waals surface area (Å²) in [6.45, 7) is 0. The summed E-state index contributed by atoms with van der Waals surface area (Å²) in [5.74, 6) is 0. The molecule has 0 radical (unpaired) electrons. The van der Waals surface area contributed by atoms with E-state index in [0.29, 0.717) is 5.69 Å². The van der Waals surface area contributed by atoms with Crippen molar-refractivity contribution in [2.75, 3.05) is 5.73 Å². The summed E-state index contributed by atoms with van der Waals surface area (Å²) in [7, 11) is 0. The third kappa shape index (κ3) is 1.99. The van der Waals surface area contributed by atoms with Crippen LogP contribution in [0.2, 0.25) is 0 Å². The average Bonchev–Trinajstić information content (AvgIpc) is 2.76. The van der Waals surface area contributed by atoms with Crippen molar-refractivity contribution in [2.24, 2.45) is 0 Å². The summed E-state index contributed by atoms with van der Waals surface area (Å²) in [6, 6.07) is 10.0. The fourth-order valence-electron chi connectivity index (χ4n) is 1.53. The lowest BCUT2D eigenvalue weighted by molar-refractivity contribution is 1.27. The van der Waals surface area contributed by atoms with E-state index in [1.54, 1.807) is 24.2 Å².